The number of benzene rings is 2. The third-order valence-corrected chi connectivity index (χ3v) is 7.80. The van der Waals surface area contributed by atoms with Crippen molar-refractivity contribution in [2.45, 2.75) is 43.5 Å². The van der Waals surface area contributed by atoms with Crippen LogP contribution in [0.1, 0.15) is 30.4 Å². The molecule has 0 aliphatic carbocycles. The Kier molecular flexibility index (Phi) is 6.11. The molecule has 1 fully saturated rings. The smallest absolute Gasteiger partial charge is 0.324 e. The maximum Gasteiger partial charge on any atom is 0.324 e. The van der Waals surface area contributed by atoms with Gasteiger partial charge in [0.05, 0.1) is 4.90 Å². The molecule has 0 bridgehead atoms. The van der Waals surface area contributed by atoms with E-state index in [0.29, 0.717) is 19.4 Å². The molecule has 0 radical (unpaired) electrons. The summed E-state index contributed by atoms with van der Waals surface area (Å²) < 4.78 is 32.8. The fourth-order valence-electron chi connectivity index (χ4n) is 4.18. The number of piperidine rings is 1. The molecule has 4 rings (SSSR count). The maximum absolute atomic E-state index is 13.1. The van der Waals surface area contributed by atoms with Crippen LogP contribution < -0.4 is 4.90 Å². The Morgan fingerprint density at radius 1 is 1.03 bits per heavy atom. The fraction of sp³-hybridized carbons (Fsp3) is 0.391. The average Bonchev–Trinajstić information content (AvgIpc) is 3.22. The topological polar surface area (TPSA) is 84.0 Å². The molecule has 0 unspecified atom stereocenters. The number of ether oxygens (including phenoxy) is 1. The second-order valence-electron chi connectivity index (χ2n) is 7.97. The molecule has 2 aromatic carbocycles. The van der Waals surface area contributed by atoms with Gasteiger partial charge in [0.15, 0.2) is 6.61 Å². The first-order chi connectivity index (χ1) is 14.9. The third kappa shape index (κ3) is 4.36. The summed E-state index contributed by atoms with van der Waals surface area (Å²) >= 11 is 0. The molecule has 7 nitrogen and oxygen atoms in total. The lowest BCUT2D eigenvalue weighted by atomic mass is 10.1. The van der Waals surface area contributed by atoms with Gasteiger partial charge in [-0.15, -0.1) is 0 Å². The van der Waals surface area contributed by atoms with E-state index in [1.54, 1.807) is 29.2 Å². The second-order valence-corrected chi connectivity index (χ2v) is 9.86. The van der Waals surface area contributed by atoms with Crippen LogP contribution in [0.5, 0.6) is 0 Å². The van der Waals surface area contributed by atoms with Gasteiger partial charge in [-0.3, -0.25) is 9.59 Å². The standard InChI is InChI=1S/C23H26N2O5S/c1-17-9-11-19(12-10-17)31(28,29)25-14-5-4-8-21(25)23(27)30-16-22(26)24-15-13-18-6-2-3-7-20(18)24/h2-3,6-7,9-12,21H,4-5,8,13-16H2,1H3/t21-/m0/s1. The van der Waals surface area contributed by atoms with Crippen molar-refractivity contribution in [1.29, 1.82) is 0 Å². The van der Waals surface area contributed by atoms with Crippen molar-refractivity contribution in [1.82, 2.24) is 4.31 Å². The van der Waals surface area contributed by atoms with Crippen LogP contribution in [0.2, 0.25) is 0 Å². The number of carbonyl (C=O) groups excluding carboxylic acids is 2. The van der Waals surface area contributed by atoms with Crippen LogP contribution in [0.15, 0.2) is 53.4 Å². The van der Waals surface area contributed by atoms with Gasteiger partial charge in [-0.05, 0) is 56.4 Å². The molecule has 0 N–H and O–H groups in total. The van der Waals surface area contributed by atoms with Crippen LogP contribution in [0, 0.1) is 6.92 Å². The van der Waals surface area contributed by atoms with Gasteiger partial charge in [0, 0.05) is 18.8 Å². The summed E-state index contributed by atoms with van der Waals surface area (Å²) in [4.78, 5) is 27.2. The number of hydrogen-bond donors (Lipinski definition) is 0. The van der Waals surface area contributed by atoms with Gasteiger partial charge in [0.25, 0.3) is 5.91 Å². The van der Waals surface area contributed by atoms with Gasteiger partial charge < -0.3 is 9.64 Å². The van der Waals surface area contributed by atoms with Crippen molar-refractivity contribution < 1.29 is 22.7 Å². The summed E-state index contributed by atoms with van der Waals surface area (Å²) in [5.74, 6) is -0.974. The predicted octanol–water partition coefficient (Wildman–Crippen LogP) is 2.67. The van der Waals surface area contributed by atoms with Crippen molar-refractivity contribution in [3.63, 3.8) is 0 Å². The molecule has 31 heavy (non-hydrogen) atoms. The number of amides is 1. The van der Waals surface area contributed by atoms with Crippen LogP contribution in [0.25, 0.3) is 0 Å². The lowest BCUT2D eigenvalue weighted by molar-refractivity contribution is -0.152. The minimum atomic E-state index is -3.83. The van der Waals surface area contributed by atoms with Crippen LogP contribution in [-0.4, -0.2) is 50.3 Å². The molecule has 2 aliphatic heterocycles. The van der Waals surface area contributed by atoms with Crippen molar-refractivity contribution in [3.05, 3.63) is 59.7 Å². The summed E-state index contributed by atoms with van der Waals surface area (Å²) in [6.45, 7) is 2.28. The highest BCUT2D eigenvalue weighted by Gasteiger charge is 2.39. The largest absolute Gasteiger partial charge is 0.454 e. The molecule has 1 amide bonds. The molecular weight excluding hydrogens is 416 g/mol. The number of carbonyl (C=O) groups is 2. The Balaban J connectivity index is 1.44. The number of rotatable bonds is 5. The average molecular weight is 443 g/mol. The zero-order chi connectivity index (χ0) is 22.0. The van der Waals surface area contributed by atoms with Crippen molar-refractivity contribution >= 4 is 27.6 Å². The first-order valence-electron chi connectivity index (χ1n) is 10.5. The van der Waals surface area contributed by atoms with E-state index in [1.807, 2.05) is 31.2 Å². The molecule has 1 saturated heterocycles. The van der Waals surface area contributed by atoms with Crippen molar-refractivity contribution in [2.24, 2.45) is 0 Å². The zero-order valence-corrected chi connectivity index (χ0v) is 18.3. The Labute approximate surface area is 182 Å². The van der Waals surface area contributed by atoms with Crippen LogP contribution in [0.3, 0.4) is 0 Å². The summed E-state index contributed by atoms with van der Waals surface area (Å²) in [7, 11) is -3.83. The number of esters is 1. The minimum Gasteiger partial charge on any atom is -0.454 e. The third-order valence-electron chi connectivity index (χ3n) is 5.88. The maximum atomic E-state index is 13.1. The van der Waals surface area contributed by atoms with Crippen molar-refractivity contribution in [3.8, 4) is 0 Å². The summed E-state index contributed by atoms with van der Waals surface area (Å²) in [5.41, 5.74) is 2.88. The van der Waals surface area contributed by atoms with E-state index >= 15 is 0 Å². The van der Waals surface area contributed by atoms with Gasteiger partial charge in [-0.2, -0.15) is 4.31 Å². The lowest BCUT2D eigenvalue weighted by Gasteiger charge is -2.33. The molecule has 0 aromatic heterocycles. The fourth-order valence-corrected chi connectivity index (χ4v) is 5.82. The SMILES string of the molecule is Cc1ccc(S(=O)(=O)N2CCCC[C@H]2C(=O)OCC(=O)N2CCc3ccccc32)cc1. The molecule has 0 saturated carbocycles. The van der Waals surface area contributed by atoms with E-state index < -0.39 is 28.6 Å². The molecular formula is C23H26N2O5S. The summed E-state index contributed by atoms with van der Waals surface area (Å²) in [6.07, 6.45) is 2.55. The quantitative estimate of drug-likeness (QED) is 0.665. The molecule has 0 spiro atoms. The van der Waals surface area contributed by atoms with E-state index in [1.165, 1.54) is 4.31 Å². The minimum absolute atomic E-state index is 0.155. The van der Waals surface area contributed by atoms with Crippen LogP contribution in [-0.2, 0) is 30.8 Å². The molecule has 1 atom stereocenters. The highest BCUT2D eigenvalue weighted by atomic mass is 32.2. The first-order valence-corrected chi connectivity index (χ1v) is 12.0. The molecule has 164 valence electrons. The summed E-state index contributed by atoms with van der Waals surface area (Å²) in [6, 6.07) is 13.3. The van der Waals surface area contributed by atoms with Gasteiger partial charge in [-0.25, -0.2) is 8.42 Å². The van der Waals surface area contributed by atoms with Gasteiger partial charge in [0.2, 0.25) is 10.0 Å². The zero-order valence-electron chi connectivity index (χ0n) is 17.5. The lowest BCUT2D eigenvalue weighted by Crippen LogP contribution is -2.49. The number of nitrogens with zero attached hydrogens (tertiary/aromatic N) is 2. The first kappa shape index (κ1) is 21.5. The van der Waals surface area contributed by atoms with Gasteiger partial charge >= 0.3 is 5.97 Å². The number of hydrogen-bond acceptors (Lipinski definition) is 5. The van der Waals surface area contributed by atoms with Gasteiger partial charge in [-0.1, -0.05) is 35.9 Å². The van der Waals surface area contributed by atoms with E-state index in [4.69, 9.17) is 4.74 Å². The Morgan fingerprint density at radius 3 is 2.55 bits per heavy atom. The number of para-hydroxylation sites is 1. The molecule has 2 aromatic rings. The van der Waals surface area contributed by atoms with E-state index in [2.05, 4.69) is 0 Å². The van der Waals surface area contributed by atoms with Crippen LogP contribution in [0.4, 0.5) is 5.69 Å². The monoisotopic (exact) mass is 442 g/mol. The van der Waals surface area contributed by atoms with E-state index in [9.17, 15) is 18.0 Å². The Morgan fingerprint density at radius 2 is 1.77 bits per heavy atom. The number of sulfonamides is 1. The van der Waals surface area contributed by atoms with E-state index in [0.717, 1.165) is 29.7 Å². The number of fused-ring (bicyclic) bond motifs is 1. The Hall–Kier alpha value is -2.71. The molecule has 2 heterocycles. The Bertz CT molecular complexity index is 1080. The van der Waals surface area contributed by atoms with Crippen LogP contribution >= 0.6 is 0 Å². The number of anilines is 1. The summed E-state index contributed by atoms with van der Waals surface area (Å²) in [5, 5.41) is 0. The number of aryl methyl sites for hydroxylation is 1. The normalized spacial score (nSPS) is 19.1. The molecule has 8 heteroatoms. The van der Waals surface area contributed by atoms with Crippen molar-refractivity contribution in [2.75, 3.05) is 24.6 Å². The van der Waals surface area contributed by atoms with Gasteiger partial charge in [0.1, 0.15) is 6.04 Å². The van der Waals surface area contributed by atoms with E-state index in [-0.39, 0.29) is 17.3 Å². The molecule has 2 aliphatic rings. The second kappa shape index (κ2) is 8.80. The highest BCUT2D eigenvalue weighted by Crippen LogP contribution is 2.28. The highest BCUT2D eigenvalue weighted by molar-refractivity contribution is 7.89. The predicted molar refractivity (Wildman–Crippen MR) is 116 cm³/mol.